The highest BCUT2D eigenvalue weighted by molar-refractivity contribution is 5.68. The number of benzene rings is 1. The van der Waals surface area contributed by atoms with Gasteiger partial charge in [-0.1, -0.05) is 85.2 Å². The van der Waals surface area contributed by atoms with E-state index in [1.807, 2.05) is 42.6 Å². The average molecular weight is 570 g/mol. The monoisotopic (exact) mass is 569 g/mol. The lowest BCUT2D eigenvalue weighted by Crippen LogP contribution is -2.19. The molecule has 224 valence electrons. The Morgan fingerprint density at radius 3 is 2.64 bits per heavy atom. The molecule has 0 radical (unpaired) electrons. The number of carboxylic acids is 1. The van der Waals surface area contributed by atoms with Gasteiger partial charge in [-0.25, -0.2) is 4.98 Å². The van der Waals surface area contributed by atoms with Crippen LogP contribution in [0.25, 0.3) is 0 Å². The maximum atomic E-state index is 11.6. The molecule has 1 aliphatic heterocycles. The number of carbonyl (C=O) groups is 1. The molecule has 6 nitrogen and oxygen atoms in total. The van der Waals surface area contributed by atoms with E-state index >= 15 is 0 Å². The van der Waals surface area contributed by atoms with E-state index in [1.165, 1.54) is 28.8 Å². The molecule has 42 heavy (non-hydrogen) atoms. The maximum absolute atomic E-state index is 11.6. The van der Waals surface area contributed by atoms with E-state index in [1.54, 1.807) is 12.3 Å². The lowest BCUT2D eigenvalue weighted by Gasteiger charge is -2.17. The Morgan fingerprint density at radius 2 is 1.95 bits per heavy atom. The van der Waals surface area contributed by atoms with Gasteiger partial charge in [0, 0.05) is 24.5 Å². The quantitative estimate of drug-likeness (QED) is 0.166. The molecule has 6 heteroatoms. The molecule has 0 unspecified atom stereocenters. The van der Waals surface area contributed by atoms with Crippen LogP contribution in [0, 0.1) is 0 Å². The molecule has 0 bridgehead atoms. The highest BCUT2D eigenvalue weighted by Gasteiger charge is 2.15. The summed E-state index contributed by atoms with van der Waals surface area (Å²) in [4.78, 5) is 16.0. The second-order valence-corrected chi connectivity index (χ2v) is 10.7. The van der Waals surface area contributed by atoms with Crippen molar-refractivity contribution in [2.75, 3.05) is 6.54 Å². The molecule has 0 spiro atoms. The molecule has 0 aliphatic carbocycles. The Balaban J connectivity index is 1.56. The van der Waals surface area contributed by atoms with Gasteiger partial charge in [-0.3, -0.25) is 4.79 Å². The van der Waals surface area contributed by atoms with Crippen LogP contribution >= 0.6 is 0 Å². The van der Waals surface area contributed by atoms with Crippen molar-refractivity contribution in [2.45, 2.75) is 84.8 Å². The first kappa shape index (κ1) is 32.5. The molecule has 0 fully saturated rings. The first-order chi connectivity index (χ1) is 20.5. The number of aliphatic carboxylic acids is 1. The number of pyridine rings is 1. The number of hydrogen-bond acceptors (Lipinski definition) is 5. The minimum Gasteiger partial charge on any atom is -0.481 e. The summed E-state index contributed by atoms with van der Waals surface area (Å²) in [6.07, 6.45) is 22.1. The van der Waals surface area contributed by atoms with Gasteiger partial charge in [0.05, 0.1) is 12.5 Å². The van der Waals surface area contributed by atoms with Crippen LogP contribution in [-0.2, 0) is 11.4 Å². The van der Waals surface area contributed by atoms with E-state index in [0.717, 1.165) is 56.2 Å². The zero-order chi connectivity index (χ0) is 30.0. The fraction of sp³-hybridized carbons (Fsp3) is 0.389. The van der Waals surface area contributed by atoms with Crippen LogP contribution in [0.3, 0.4) is 0 Å². The summed E-state index contributed by atoms with van der Waals surface area (Å²) in [5, 5.41) is 16.3. The van der Waals surface area contributed by atoms with Crippen LogP contribution < -0.4 is 15.4 Å². The normalized spacial score (nSPS) is 15.2. The van der Waals surface area contributed by atoms with Gasteiger partial charge >= 0.3 is 5.97 Å². The van der Waals surface area contributed by atoms with E-state index in [2.05, 4.69) is 66.8 Å². The van der Waals surface area contributed by atoms with Gasteiger partial charge in [0.15, 0.2) is 0 Å². The summed E-state index contributed by atoms with van der Waals surface area (Å²) in [5.74, 6) is -0.358. The highest BCUT2D eigenvalue weighted by atomic mass is 16.5. The summed E-state index contributed by atoms with van der Waals surface area (Å²) < 4.78 is 5.79. The molecule has 3 rings (SSSR count). The molecule has 0 amide bonds. The van der Waals surface area contributed by atoms with Gasteiger partial charge in [0.2, 0.25) is 5.88 Å². The van der Waals surface area contributed by atoms with E-state index in [4.69, 9.17) is 4.74 Å². The van der Waals surface area contributed by atoms with E-state index in [0.29, 0.717) is 12.5 Å². The lowest BCUT2D eigenvalue weighted by molar-refractivity contribution is -0.137. The topological polar surface area (TPSA) is 83.5 Å². The van der Waals surface area contributed by atoms with Gasteiger partial charge in [0.1, 0.15) is 6.61 Å². The number of ether oxygens (including phenoxy) is 1. The summed E-state index contributed by atoms with van der Waals surface area (Å²) in [7, 11) is 0. The SMILES string of the molecule is C/C=C(/C=C\C1=C(C)NCCC1)CCCC(/C=C\N[C@@H](CC(=O)O)c1ccc(OCc2ccccc2)nc1)=C\CCC. The van der Waals surface area contributed by atoms with Gasteiger partial charge < -0.3 is 20.5 Å². The Labute approximate surface area is 252 Å². The Morgan fingerprint density at radius 1 is 1.14 bits per heavy atom. The molecular formula is C36H47N3O3. The third-order valence-electron chi connectivity index (χ3n) is 7.35. The zero-order valence-electron chi connectivity index (χ0n) is 25.4. The maximum Gasteiger partial charge on any atom is 0.305 e. The second kappa shape index (κ2) is 18.4. The molecule has 1 atom stereocenters. The van der Waals surface area contributed by atoms with Crippen LogP contribution in [0.1, 0.15) is 89.3 Å². The summed E-state index contributed by atoms with van der Waals surface area (Å²) in [5.41, 5.74) is 7.17. The summed E-state index contributed by atoms with van der Waals surface area (Å²) in [6.45, 7) is 7.95. The number of carboxylic acid groups (broad SMARTS) is 1. The van der Waals surface area contributed by atoms with Crippen molar-refractivity contribution in [3.05, 3.63) is 119 Å². The Hall–Kier alpha value is -4.06. The molecule has 1 aromatic heterocycles. The van der Waals surface area contributed by atoms with Crippen LogP contribution in [0.5, 0.6) is 5.88 Å². The van der Waals surface area contributed by atoms with E-state index < -0.39 is 12.0 Å². The first-order valence-corrected chi connectivity index (χ1v) is 15.2. The molecule has 2 aromatic rings. The minimum atomic E-state index is -0.867. The van der Waals surface area contributed by atoms with Gasteiger partial charge in [-0.05, 0) is 81.3 Å². The predicted molar refractivity (Wildman–Crippen MR) is 172 cm³/mol. The van der Waals surface area contributed by atoms with Gasteiger partial charge in [-0.15, -0.1) is 0 Å². The van der Waals surface area contributed by atoms with Crippen LogP contribution in [-0.4, -0.2) is 22.6 Å². The fourth-order valence-corrected chi connectivity index (χ4v) is 4.81. The van der Waals surface area contributed by atoms with Crippen molar-refractivity contribution in [3.63, 3.8) is 0 Å². The number of hydrogen-bond donors (Lipinski definition) is 3. The number of unbranched alkanes of at least 4 members (excludes halogenated alkanes) is 1. The van der Waals surface area contributed by atoms with Gasteiger partial charge in [-0.2, -0.15) is 0 Å². The number of nitrogens with zero attached hydrogens (tertiary/aromatic N) is 1. The summed E-state index contributed by atoms with van der Waals surface area (Å²) in [6, 6.07) is 13.2. The van der Waals surface area contributed by atoms with Crippen molar-refractivity contribution in [1.82, 2.24) is 15.6 Å². The van der Waals surface area contributed by atoms with Crippen molar-refractivity contribution >= 4 is 5.97 Å². The largest absolute Gasteiger partial charge is 0.481 e. The number of allylic oxidation sites excluding steroid dienone is 9. The predicted octanol–water partition coefficient (Wildman–Crippen LogP) is 8.34. The summed E-state index contributed by atoms with van der Waals surface area (Å²) >= 11 is 0. The van der Waals surface area contributed by atoms with Crippen molar-refractivity contribution in [1.29, 1.82) is 0 Å². The number of nitrogens with one attached hydrogen (secondary N) is 2. The van der Waals surface area contributed by atoms with E-state index in [-0.39, 0.29) is 6.42 Å². The van der Waals surface area contributed by atoms with Crippen molar-refractivity contribution in [2.24, 2.45) is 0 Å². The van der Waals surface area contributed by atoms with Crippen LogP contribution in [0.15, 0.2) is 108 Å². The number of rotatable bonds is 17. The Bertz CT molecular complexity index is 1260. The molecule has 0 saturated carbocycles. The molecular weight excluding hydrogens is 522 g/mol. The van der Waals surface area contributed by atoms with Crippen LogP contribution in [0.4, 0.5) is 0 Å². The second-order valence-electron chi connectivity index (χ2n) is 10.7. The molecule has 0 saturated heterocycles. The molecule has 3 N–H and O–H groups in total. The van der Waals surface area contributed by atoms with E-state index in [9.17, 15) is 9.90 Å². The number of aromatic nitrogens is 1. The third-order valence-corrected chi connectivity index (χ3v) is 7.35. The minimum absolute atomic E-state index is 0.0489. The van der Waals surface area contributed by atoms with Crippen LogP contribution in [0.2, 0.25) is 0 Å². The highest BCUT2D eigenvalue weighted by Crippen LogP contribution is 2.21. The van der Waals surface area contributed by atoms with Crippen molar-refractivity contribution in [3.8, 4) is 5.88 Å². The third kappa shape index (κ3) is 11.8. The first-order valence-electron chi connectivity index (χ1n) is 15.2. The average Bonchev–Trinajstić information content (AvgIpc) is 3.01. The zero-order valence-corrected chi connectivity index (χ0v) is 25.4. The smallest absolute Gasteiger partial charge is 0.305 e. The van der Waals surface area contributed by atoms with Gasteiger partial charge in [0.25, 0.3) is 0 Å². The Kier molecular flexibility index (Phi) is 14.2. The van der Waals surface area contributed by atoms with Crippen molar-refractivity contribution < 1.29 is 14.6 Å². The fourth-order valence-electron chi connectivity index (χ4n) is 4.81. The standard InChI is InChI=1S/C36H47N3O3/c1-4-6-12-30(16-10-15-29(5-2)18-19-32-17-11-23-37-28(32)3)22-24-38-34(25-36(40)41)33-20-21-35(39-26-33)42-27-31-13-8-7-9-14-31/h5,7-9,12-14,18-22,24,26,34,37-38H,4,6,10-11,15-17,23,25,27H2,1-3H3,(H,40,41)/b19-18-,24-22-,29-5+,30-12+/t34-/m0/s1. The molecule has 1 aliphatic rings. The lowest BCUT2D eigenvalue weighted by atomic mass is 9.99. The molecule has 2 heterocycles. The molecule has 1 aromatic carbocycles.